The van der Waals surface area contributed by atoms with E-state index < -0.39 is 0 Å². The van der Waals surface area contributed by atoms with Gasteiger partial charge in [0.25, 0.3) is 0 Å². The fraction of sp³-hybridized carbons (Fsp3) is 0.588. The van der Waals surface area contributed by atoms with Gasteiger partial charge in [-0.1, -0.05) is 12.1 Å². The normalized spacial score (nSPS) is 16.3. The summed E-state index contributed by atoms with van der Waals surface area (Å²) in [6, 6.07) is 6.42. The first-order valence-corrected chi connectivity index (χ1v) is 7.70. The number of benzene rings is 1. The second kappa shape index (κ2) is 6.06. The molecule has 0 spiro atoms. The van der Waals surface area contributed by atoms with Crippen LogP contribution in [0.15, 0.2) is 18.2 Å². The first-order chi connectivity index (χ1) is 9.76. The summed E-state index contributed by atoms with van der Waals surface area (Å²) in [6.07, 6.45) is 2.14. The van der Waals surface area contributed by atoms with Crippen LogP contribution in [0.25, 0.3) is 0 Å². The molecule has 21 heavy (non-hydrogen) atoms. The van der Waals surface area contributed by atoms with Crippen LogP contribution in [-0.2, 0) is 11.2 Å². The molecule has 2 rings (SSSR count). The molecule has 0 saturated carbocycles. The molecule has 0 radical (unpaired) electrons. The van der Waals surface area contributed by atoms with Crippen molar-refractivity contribution in [1.82, 2.24) is 5.32 Å². The van der Waals surface area contributed by atoms with Crippen molar-refractivity contribution in [3.8, 4) is 0 Å². The van der Waals surface area contributed by atoms with Gasteiger partial charge in [0.05, 0.1) is 6.54 Å². The van der Waals surface area contributed by atoms with Crippen LogP contribution in [0.4, 0.5) is 5.69 Å². The topological polar surface area (TPSA) is 58.4 Å². The minimum absolute atomic E-state index is 0.0508. The van der Waals surface area contributed by atoms with E-state index in [1.807, 2.05) is 27.7 Å². The molecular weight excluding hydrogens is 262 g/mol. The number of hydrogen-bond acceptors (Lipinski definition) is 3. The van der Waals surface area contributed by atoms with Gasteiger partial charge in [0.2, 0.25) is 5.91 Å². The van der Waals surface area contributed by atoms with Crippen LogP contribution >= 0.6 is 0 Å². The van der Waals surface area contributed by atoms with Crippen LogP contribution in [0.2, 0.25) is 0 Å². The molecule has 0 aliphatic carbocycles. The Balaban J connectivity index is 2.13. The Morgan fingerprint density at radius 1 is 1.43 bits per heavy atom. The van der Waals surface area contributed by atoms with Gasteiger partial charge < -0.3 is 16.0 Å². The summed E-state index contributed by atoms with van der Waals surface area (Å²) in [4.78, 5) is 14.3. The number of carbonyl (C=O) groups is 1. The number of nitrogens with zero attached hydrogens (tertiary/aromatic N) is 1. The lowest BCUT2D eigenvalue weighted by Crippen LogP contribution is -2.47. The highest BCUT2D eigenvalue weighted by Crippen LogP contribution is 2.29. The molecule has 1 aromatic rings. The highest BCUT2D eigenvalue weighted by molar-refractivity contribution is 5.82. The van der Waals surface area contributed by atoms with Crippen molar-refractivity contribution in [1.29, 1.82) is 0 Å². The number of aryl methyl sites for hydroxylation is 1. The molecule has 4 heteroatoms. The van der Waals surface area contributed by atoms with Gasteiger partial charge in [-0.05, 0) is 57.7 Å². The highest BCUT2D eigenvalue weighted by atomic mass is 16.2. The van der Waals surface area contributed by atoms with Gasteiger partial charge in [-0.2, -0.15) is 0 Å². The highest BCUT2D eigenvalue weighted by Gasteiger charge is 2.21. The summed E-state index contributed by atoms with van der Waals surface area (Å²) in [6.45, 7) is 9.36. The minimum atomic E-state index is -0.186. The summed E-state index contributed by atoms with van der Waals surface area (Å²) in [5.74, 6) is 0.0756. The maximum absolute atomic E-state index is 12.1. The maximum Gasteiger partial charge on any atom is 0.239 e. The lowest BCUT2D eigenvalue weighted by atomic mass is 9.97. The summed E-state index contributed by atoms with van der Waals surface area (Å²) in [5, 5.41) is 3.03. The third kappa shape index (κ3) is 4.21. The van der Waals surface area contributed by atoms with Crippen LogP contribution in [0.3, 0.4) is 0 Å². The summed E-state index contributed by atoms with van der Waals surface area (Å²) in [5.41, 5.74) is 9.41. The molecule has 1 aromatic carbocycles. The van der Waals surface area contributed by atoms with Crippen molar-refractivity contribution in [2.75, 3.05) is 18.0 Å². The van der Waals surface area contributed by atoms with Gasteiger partial charge in [-0.25, -0.2) is 0 Å². The van der Waals surface area contributed by atoms with Gasteiger partial charge >= 0.3 is 0 Å². The quantitative estimate of drug-likeness (QED) is 0.898. The van der Waals surface area contributed by atoms with Crippen molar-refractivity contribution in [2.45, 2.75) is 52.1 Å². The fourth-order valence-corrected chi connectivity index (χ4v) is 2.77. The fourth-order valence-electron chi connectivity index (χ4n) is 2.77. The number of amides is 1. The van der Waals surface area contributed by atoms with Crippen LogP contribution in [0.5, 0.6) is 0 Å². The van der Waals surface area contributed by atoms with Crippen LogP contribution < -0.4 is 16.0 Å². The molecule has 1 aliphatic heterocycles. The molecule has 1 atom stereocenters. The van der Waals surface area contributed by atoms with Gasteiger partial charge in [-0.15, -0.1) is 0 Å². The first-order valence-electron chi connectivity index (χ1n) is 7.70. The zero-order chi connectivity index (χ0) is 15.6. The molecule has 0 saturated heterocycles. The number of nitrogens with one attached hydrogen (secondary N) is 1. The number of hydrogen-bond donors (Lipinski definition) is 2. The summed E-state index contributed by atoms with van der Waals surface area (Å²) in [7, 11) is 0. The predicted molar refractivity (Wildman–Crippen MR) is 87.5 cm³/mol. The zero-order valence-corrected chi connectivity index (χ0v) is 13.6. The van der Waals surface area contributed by atoms with Crippen LogP contribution in [0, 0.1) is 0 Å². The Kier molecular flexibility index (Phi) is 4.57. The lowest BCUT2D eigenvalue weighted by molar-refractivity contribution is -0.121. The molecule has 0 aromatic heterocycles. The maximum atomic E-state index is 12.1. The van der Waals surface area contributed by atoms with Crippen molar-refractivity contribution < 1.29 is 4.79 Å². The van der Waals surface area contributed by atoms with Gasteiger partial charge in [-0.3, -0.25) is 4.79 Å². The molecule has 0 fully saturated rings. The SMILES string of the molecule is CC(N)c1ccc2c(c1)CCCN2CC(=O)NC(C)(C)C. The van der Waals surface area contributed by atoms with E-state index in [1.165, 1.54) is 11.3 Å². The molecule has 1 amide bonds. The van der Waals surface area contributed by atoms with E-state index in [1.54, 1.807) is 0 Å². The van der Waals surface area contributed by atoms with E-state index in [0.717, 1.165) is 24.9 Å². The summed E-state index contributed by atoms with van der Waals surface area (Å²) < 4.78 is 0. The van der Waals surface area contributed by atoms with E-state index in [9.17, 15) is 4.79 Å². The Bertz CT molecular complexity index is 517. The summed E-state index contributed by atoms with van der Waals surface area (Å²) >= 11 is 0. The molecular formula is C17H27N3O. The average Bonchev–Trinajstić information content (AvgIpc) is 2.36. The standard InChI is InChI=1S/C17H27N3O/c1-12(18)13-7-8-15-14(10-13)6-5-9-20(15)11-16(21)19-17(2,3)4/h7-8,10,12H,5-6,9,11,18H2,1-4H3,(H,19,21). The van der Waals surface area contributed by atoms with Gasteiger partial charge in [0, 0.05) is 23.8 Å². The molecule has 116 valence electrons. The monoisotopic (exact) mass is 289 g/mol. The number of nitrogens with two attached hydrogens (primary N) is 1. The number of fused-ring (bicyclic) bond motifs is 1. The largest absolute Gasteiger partial charge is 0.362 e. The second-order valence-electron chi connectivity index (χ2n) is 7.00. The smallest absolute Gasteiger partial charge is 0.239 e. The Labute approximate surface area is 127 Å². The van der Waals surface area contributed by atoms with E-state index >= 15 is 0 Å². The Morgan fingerprint density at radius 2 is 2.14 bits per heavy atom. The number of rotatable bonds is 3. The average molecular weight is 289 g/mol. The number of anilines is 1. The Morgan fingerprint density at radius 3 is 2.76 bits per heavy atom. The Hall–Kier alpha value is -1.55. The van der Waals surface area contributed by atoms with E-state index in [2.05, 4.69) is 28.4 Å². The van der Waals surface area contributed by atoms with Crippen molar-refractivity contribution >= 4 is 11.6 Å². The van der Waals surface area contributed by atoms with Crippen molar-refractivity contribution in [2.24, 2.45) is 5.73 Å². The van der Waals surface area contributed by atoms with E-state index in [0.29, 0.717) is 6.54 Å². The molecule has 1 unspecified atom stereocenters. The molecule has 3 N–H and O–H groups in total. The third-order valence-corrected chi connectivity index (χ3v) is 3.69. The van der Waals surface area contributed by atoms with Crippen molar-refractivity contribution in [3.63, 3.8) is 0 Å². The third-order valence-electron chi connectivity index (χ3n) is 3.69. The number of carbonyl (C=O) groups excluding carboxylic acids is 1. The zero-order valence-electron chi connectivity index (χ0n) is 13.6. The molecule has 0 bridgehead atoms. The first kappa shape index (κ1) is 15.8. The van der Waals surface area contributed by atoms with Crippen LogP contribution in [0.1, 0.15) is 51.3 Å². The molecule has 1 heterocycles. The molecule has 4 nitrogen and oxygen atoms in total. The van der Waals surface area contributed by atoms with Gasteiger partial charge in [0.1, 0.15) is 0 Å². The van der Waals surface area contributed by atoms with E-state index in [4.69, 9.17) is 5.73 Å². The van der Waals surface area contributed by atoms with Crippen LogP contribution in [-0.4, -0.2) is 24.5 Å². The van der Waals surface area contributed by atoms with E-state index in [-0.39, 0.29) is 17.5 Å². The van der Waals surface area contributed by atoms with Gasteiger partial charge in [0.15, 0.2) is 0 Å². The molecule has 1 aliphatic rings. The minimum Gasteiger partial charge on any atom is -0.362 e. The van der Waals surface area contributed by atoms with Crippen molar-refractivity contribution in [3.05, 3.63) is 29.3 Å². The predicted octanol–water partition coefficient (Wildman–Crippen LogP) is 2.37. The lowest BCUT2D eigenvalue weighted by Gasteiger charge is -2.32. The second-order valence-corrected chi connectivity index (χ2v) is 7.00.